The third kappa shape index (κ3) is 8.22. The Bertz CT molecular complexity index is 495. The van der Waals surface area contributed by atoms with Crippen molar-refractivity contribution in [2.75, 3.05) is 32.6 Å². The van der Waals surface area contributed by atoms with Crippen LogP contribution in [0.1, 0.15) is 32.4 Å². The molecule has 0 aromatic carbocycles. The van der Waals surface area contributed by atoms with Gasteiger partial charge in [0.15, 0.2) is 11.8 Å². The number of aromatic nitrogens is 3. The minimum atomic E-state index is 0.276. The van der Waals surface area contributed by atoms with Gasteiger partial charge in [-0.25, -0.2) is 4.99 Å². The molecule has 0 spiro atoms. The molecule has 0 amide bonds. The quantitative estimate of drug-likeness (QED) is 0.422. The topological polar surface area (TPSA) is 76.4 Å². The van der Waals surface area contributed by atoms with E-state index in [1.54, 1.807) is 7.11 Å². The maximum Gasteiger partial charge on any atom is 0.191 e. The Labute approximate surface area is 143 Å². The molecule has 0 atom stereocenters. The summed E-state index contributed by atoms with van der Waals surface area (Å²) in [7, 11) is 3.64. The summed E-state index contributed by atoms with van der Waals surface area (Å²) in [6, 6.07) is 0. The smallest absolute Gasteiger partial charge is 0.191 e. The molecule has 2 N–H and O–H groups in total. The molecular weight excluding hydrogens is 312 g/mol. The van der Waals surface area contributed by atoms with Gasteiger partial charge in [0.25, 0.3) is 0 Å². The number of hydrogen-bond donors (Lipinski definition) is 2. The fourth-order valence-electron chi connectivity index (χ4n) is 1.71. The number of hydrogen-bond acceptors (Lipinski definition) is 5. The number of aryl methyl sites for hydroxylation is 1. The average Bonchev–Trinajstić information content (AvgIpc) is 2.79. The van der Waals surface area contributed by atoms with Crippen LogP contribution < -0.4 is 10.6 Å². The molecule has 0 radical (unpaired) electrons. The van der Waals surface area contributed by atoms with Crippen LogP contribution in [-0.4, -0.2) is 58.0 Å². The largest absolute Gasteiger partial charge is 0.383 e. The first-order valence-electron chi connectivity index (χ1n) is 7.83. The van der Waals surface area contributed by atoms with Gasteiger partial charge in [0.05, 0.1) is 6.61 Å². The van der Waals surface area contributed by atoms with Crippen LogP contribution >= 0.6 is 11.8 Å². The van der Waals surface area contributed by atoms with E-state index < -0.39 is 0 Å². The van der Waals surface area contributed by atoms with E-state index in [0.29, 0.717) is 19.7 Å². The number of methoxy groups -OCH3 is 1. The molecule has 7 nitrogen and oxygen atoms in total. The molecule has 1 heterocycles. The van der Waals surface area contributed by atoms with Crippen LogP contribution in [0.5, 0.6) is 0 Å². The third-order valence-corrected chi connectivity index (χ3v) is 4.36. The van der Waals surface area contributed by atoms with Gasteiger partial charge in [-0.15, -0.1) is 10.2 Å². The number of ether oxygens (including phenoxy) is 1. The van der Waals surface area contributed by atoms with E-state index >= 15 is 0 Å². The van der Waals surface area contributed by atoms with Crippen molar-refractivity contribution in [2.45, 2.75) is 39.0 Å². The van der Waals surface area contributed by atoms with Crippen molar-refractivity contribution < 1.29 is 4.74 Å². The van der Waals surface area contributed by atoms with Crippen molar-refractivity contribution in [1.29, 1.82) is 0 Å². The predicted molar refractivity (Wildman–Crippen MR) is 97.0 cm³/mol. The molecule has 0 unspecified atom stereocenters. The van der Waals surface area contributed by atoms with Gasteiger partial charge in [-0.3, -0.25) is 0 Å². The molecule has 0 aliphatic heterocycles. The van der Waals surface area contributed by atoms with Gasteiger partial charge in [0, 0.05) is 37.7 Å². The lowest BCUT2D eigenvalue weighted by Gasteiger charge is -2.18. The summed E-state index contributed by atoms with van der Waals surface area (Å²) in [6.45, 7) is 11.3. The lowest BCUT2D eigenvalue weighted by Crippen LogP contribution is -2.40. The van der Waals surface area contributed by atoms with E-state index in [1.807, 2.05) is 30.3 Å². The van der Waals surface area contributed by atoms with Gasteiger partial charge in [0.1, 0.15) is 12.4 Å². The highest BCUT2D eigenvalue weighted by molar-refractivity contribution is 8.00. The van der Waals surface area contributed by atoms with Gasteiger partial charge in [-0.1, -0.05) is 20.8 Å². The number of nitrogens with one attached hydrogen (secondary N) is 2. The van der Waals surface area contributed by atoms with Crippen molar-refractivity contribution in [1.82, 2.24) is 25.4 Å². The van der Waals surface area contributed by atoms with E-state index in [1.165, 1.54) is 0 Å². The molecule has 1 rings (SSSR count). The molecule has 132 valence electrons. The highest BCUT2D eigenvalue weighted by Gasteiger charge is 2.10. The second-order valence-corrected chi connectivity index (χ2v) is 8.12. The normalized spacial score (nSPS) is 12.5. The summed E-state index contributed by atoms with van der Waals surface area (Å²) >= 11 is 1.93. The van der Waals surface area contributed by atoms with Crippen molar-refractivity contribution in [3.8, 4) is 0 Å². The Balaban J connectivity index is 2.53. The molecule has 0 saturated heterocycles. The zero-order chi connectivity index (χ0) is 17.3. The van der Waals surface area contributed by atoms with Crippen molar-refractivity contribution >= 4 is 17.7 Å². The number of thioether (sulfide) groups is 1. The lowest BCUT2D eigenvalue weighted by atomic mass is 10.3. The number of nitrogens with zero attached hydrogens (tertiary/aromatic N) is 4. The number of guanidine groups is 1. The van der Waals surface area contributed by atoms with Crippen LogP contribution in [0.3, 0.4) is 0 Å². The van der Waals surface area contributed by atoms with E-state index in [2.05, 4.69) is 46.6 Å². The summed E-state index contributed by atoms with van der Waals surface area (Å²) in [5.74, 6) is 3.53. The number of rotatable bonds is 8. The first-order chi connectivity index (χ1) is 10.8. The predicted octanol–water partition coefficient (Wildman–Crippen LogP) is 1.34. The standard InChI is InChI=1S/C15H30N6OS/c1-12-19-20-13(21(12)5)11-18-14(16-7-9-22-6)17-8-10-23-15(2,3)4/h7-11H2,1-6H3,(H2,16,17,18). The summed E-state index contributed by atoms with van der Waals surface area (Å²) in [5.41, 5.74) is 0. The van der Waals surface area contributed by atoms with Crippen molar-refractivity contribution in [3.05, 3.63) is 11.6 Å². The van der Waals surface area contributed by atoms with Crippen LogP contribution in [0, 0.1) is 6.92 Å². The first-order valence-corrected chi connectivity index (χ1v) is 8.82. The molecule has 8 heteroatoms. The fourth-order valence-corrected chi connectivity index (χ4v) is 2.53. The van der Waals surface area contributed by atoms with E-state index in [4.69, 9.17) is 4.74 Å². The SMILES string of the molecule is COCCNC(=NCc1nnc(C)n1C)NCCSC(C)(C)C. The Hall–Kier alpha value is -1.28. The molecule has 1 aromatic heterocycles. The highest BCUT2D eigenvalue weighted by atomic mass is 32.2. The second-order valence-electron chi connectivity index (χ2n) is 6.19. The molecule has 0 aliphatic rings. The molecule has 0 saturated carbocycles. The maximum atomic E-state index is 5.07. The lowest BCUT2D eigenvalue weighted by molar-refractivity contribution is 0.203. The summed E-state index contributed by atoms with van der Waals surface area (Å²) in [5, 5.41) is 14.8. The number of aliphatic imine (C=N–C) groups is 1. The molecule has 1 aromatic rings. The van der Waals surface area contributed by atoms with Gasteiger partial charge >= 0.3 is 0 Å². The van der Waals surface area contributed by atoms with Crippen molar-refractivity contribution in [2.24, 2.45) is 12.0 Å². The highest BCUT2D eigenvalue weighted by Crippen LogP contribution is 2.21. The monoisotopic (exact) mass is 342 g/mol. The van der Waals surface area contributed by atoms with Crippen LogP contribution in [0.25, 0.3) is 0 Å². The van der Waals surface area contributed by atoms with E-state index in [-0.39, 0.29) is 4.75 Å². The molecule has 0 aliphatic carbocycles. The molecular formula is C15H30N6OS. The Kier molecular flexibility index (Phi) is 8.40. The first kappa shape index (κ1) is 19.8. The van der Waals surface area contributed by atoms with E-state index in [0.717, 1.165) is 29.9 Å². The molecule has 23 heavy (non-hydrogen) atoms. The van der Waals surface area contributed by atoms with Crippen LogP contribution in [0.4, 0.5) is 0 Å². The molecule has 0 bridgehead atoms. The minimum Gasteiger partial charge on any atom is -0.383 e. The summed E-state index contributed by atoms with van der Waals surface area (Å²) < 4.78 is 7.30. The zero-order valence-electron chi connectivity index (χ0n) is 15.1. The zero-order valence-corrected chi connectivity index (χ0v) is 16.0. The minimum absolute atomic E-state index is 0.276. The van der Waals surface area contributed by atoms with Gasteiger partial charge in [-0.2, -0.15) is 11.8 Å². The average molecular weight is 343 g/mol. The van der Waals surface area contributed by atoms with Crippen LogP contribution in [0.15, 0.2) is 4.99 Å². The Morgan fingerprint density at radius 1 is 1.26 bits per heavy atom. The van der Waals surface area contributed by atoms with E-state index in [9.17, 15) is 0 Å². The fraction of sp³-hybridized carbons (Fsp3) is 0.800. The summed E-state index contributed by atoms with van der Waals surface area (Å²) in [4.78, 5) is 4.58. The maximum absolute atomic E-state index is 5.07. The van der Waals surface area contributed by atoms with Crippen LogP contribution in [0.2, 0.25) is 0 Å². The Morgan fingerprint density at radius 3 is 2.52 bits per heavy atom. The van der Waals surface area contributed by atoms with Crippen LogP contribution in [-0.2, 0) is 18.3 Å². The van der Waals surface area contributed by atoms with Crippen molar-refractivity contribution in [3.63, 3.8) is 0 Å². The molecule has 0 fully saturated rings. The summed E-state index contributed by atoms with van der Waals surface area (Å²) in [6.07, 6.45) is 0. The second kappa shape index (κ2) is 9.77. The van der Waals surface area contributed by atoms with Gasteiger partial charge in [0.2, 0.25) is 0 Å². The third-order valence-electron chi connectivity index (χ3n) is 3.09. The Morgan fingerprint density at radius 2 is 1.96 bits per heavy atom. The van der Waals surface area contributed by atoms with Gasteiger partial charge in [-0.05, 0) is 6.92 Å². The van der Waals surface area contributed by atoms with Gasteiger partial charge < -0.3 is 19.9 Å².